The van der Waals surface area contributed by atoms with E-state index >= 15 is 0 Å². The summed E-state index contributed by atoms with van der Waals surface area (Å²) in [6, 6.07) is 2.95. The summed E-state index contributed by atoms with van der Waals surface area (Å²) in [6.45, 7) is 0.188. The van der Waals surface area contributed by atoms with Crippen LogP contribution in [-0.4, -0.2) is 28.9 Å². The van der Waals surface area contributed by atoms with Crippen molar-refractivity contribution in [1.82, 2.24) is 5.32 Å². The molecule has 7 heteroatoms. The van der Waals surface area contributed by atoms with Crippen molar-refractivity contribution in [3.63, 3.8) is 0 Å². The third-order valence-corrected chi connectivity index (χ3v) is 3.80. The van der Waals surface area contributed by atoms with Crippen LogP contribution in [0.5, 0.6) is 0 Å². The van der Waals surface area contributed by atoms with Crippen LogP contribution in [0, 0.1) is 0 Å². The van der Waals surface area contributed by atoms with Crippen LogP contribution in [0.3, 0.4) is 0 Å². The molecular weight excluding hydrogens is 276 g/mol. The fraction of sp³-hybridized carbons (Fsp3) is 0.583. The smallest absolute Gasteiger partial charge is 0.287 e. The minimum Gasteiger partial charge on any atom is -0.455 e. The van der Waals surface area contributed by atoms with Crippen molar-refractivity contribution in [3.05, 3.63) is 23.7 Å². The van der Waals surface area contributed by atoms with Gasteiger partial charge in [0.15, 0.2) is 5.76 Å². The number of rotatable bonds is 6. The summed E-state index contributed by atoms with van der Waals surface area (Å²) in [7, 11) is 0. The fourth-order valence-corrected chi connectivity index (χ4v) is 2.26. The molecule has 0 unspecified atom stereocenters. The van der Waals surface area contributed by atoms with Gasteiger partial charge in [0.1, 0.15) is 5.76 Å². The predicted octanol–water partition coefficient (Wildman–Crippen LogP) is 2.38. The molecule has 1 saturated carbocycles. The molecular formula is C12H15F2NO3S. The van der Waals surface area contributed by atoms with E-state index in [0.717, 1.165) is 6.42 Å². The lowest BCUT2D eigenvalue weighted by Gasteiger charge is -2.36. The van der Waals surface area contributed by atoms with E-state index in [1.165, 1.54) is 12.1 Å². The molecule has 0 radical (unpaired) electrons. The van der Waals surface area contributed by atoms with Crippen LogP contribution in [0.1, 0.15) is 35.6 Å². The van der Waals surface area contributed by atoms with Crippen LogP contribution >= 0.6 is 11.8 Å². The minimum absolute atomic E-state index is 0.0227. The normalized spacial score (nSPS) is 17.3. The Kier molecular flexibility index (Phi) is 4.46. The molecule has 1 aromatic heterocycles. The van der Waals surface area contributed by atoms with Crippen molar-refractivity contribution >= 4 is 17.7 Å². The van der Waals surface area contributed by atoms with E-state index in [0.29, 0.717) is 30.4 Å². The molecule has 0 saturated heterocycles. The third kappa shape index (κ3) is 3.94. The Morgan fingerprint density at radius 1 is 1.53 bits per heavy atom. The second-order valence-corrected chi connectivity index (χ2v) is 5.58. The van der Waals surface area contributed by atoms with Crippen molar-refractivity contribution in [2.75, 3.05) is 6.54 Å². The Balaban J connectivity index is 1.82. The van der Waals surface area contributed by atoms with Crippen molar-refractivity contribution in [2.24, 2.45) is 0 Å². The zero-order valence-electron chi connectivity index (χ0n) is 10.2. The van der Waals surface area contributed by atoms with E-state index in [1.54, 1.807) is 0 Å². The number of nitrogens with one attached hydrogen (secondary N) is 1. The molecule has 1 amide bonds. The summed E-state index contributed by atoms with van der Waals surface area (Å²) in [5.41, 5.74) is -0.795. The molecule has 1 aliphatic rings. The molecule has 19 heavy (non-hydrogen) atoms. The summed E-state index contributed by atoms with van der Waals surface area (Å²) in [5, 5.41) is 12.4. The van der Waals surface area contributed by atoms with Gasteiger partial charge >= 0.3 is 0 Å². The number of carbonyl (C=O) groups excluding carboxylic acids is 1. The van der Waals surface area contributed by atoms with E-state index in [1.807, 2.05) is 0 Å². The predicted molar refractivity (Wildman–Crippen MR) is 67.1 cm³/mol. The maximum atomic E-state index is 12.0. The second kappa shape index (κ2) is 5.92. The van der Waals surface area contributed by atoms with Gasteiger partial charge in [-0.25, -0.2) is 0 Å². The largest absolute Gasteiger partial charge is 0.455 e. The first-order valence-electron chi connectivity index (χ1n) is 5.98. The zero-order valence-corrected chi connectivity index (χ0v) is 11.0. The number of furan rings is 1. The number of hydrogen-bond donors (Lipinski definition) is 2. The van der Waals surface area contributed by atoms with Crippen LogP contribution < -0.4 is 5.32 Å². The Hall–Kier alpha value is -1.08. The molecule has 2 N–H and O–H groups in total. The van der Waals surface area contributed by atoms with Crippen molar-refractivity contribution in [3.8, 4) is 0 Å². The molecule has 0 atom stereocenters. The quantitative estimate of drug-likeness (QED) is 0.844. The molecule has 0 aliphatic heterocycles. The van der Waals surface area contributed by atoms with E-state index in [9.17, 15) is 18.7 Å². The average Bonchev–Trinajstić information content (AvgIpc) is 2.80. The number of thioether (sulfide) groups is 1. The maximum Gasteiger partial charge on any atom is 0.287 e. The first-order chi connectivity index (χ1) is 8.98. The zero-order chi connectivity index (χ0) is 13.9. The lowest BCUT2D eigenvalue weighted by molar-refractivity contribution is -0.0302. The SMILES string of the molecule is O=C(NCC1(O)CCC1)c1ccc(CSC(F)F)o1. The van der Waals surface area contributed by atoms with Gasteiger partial charge in [0.05, 0.1) is 11.4 Å². The van der Waals surface area contributed by atoms with E-state index in [4.69, 9.17) is 4.42 Å². The van der Waals surface area contributed by atoms with Gasteiger partial charge in [-0.05, 0) is 31.4 Å². The molecule has 0 bridgehead atoms. The highest BCUT2D eigenvalue weighted by atomic mass is 32.2. The maximum absolute atomic E-state index is 12.0. The van der Waals surface area contributed by atoms with Crippen molar-refractivity contribution in [1.29, 1.82) is 0 Å². The highest BCUT2D eigenvalue weighted by Crippen LogP contribution is 2.30. The lowest BCUT2D eigenvalue weighted by Crippen LogP contribution is -2.47. The molecule has 1 aromatic rings. The second-order valence-electron chi connectivity index (χ2n) is 4.60. The summed E-state index contributed by atoms with van der Waals surface area (Å²) in [6.07, 6.45) is 2.32. The number of amides is 1. The number of carbonyl (C=O) groups is 1. The highest BCUT2D eigenvalue weighted by Gasteiger charge is 2.34. The van der Waals surface area contributed by atoms with E-state index in [-0.39, 0.29) is 18.1 Å². The summed E-state index contributed by atoms with van der Waals surface area (Å²) in [5.74, 6) is -2.47. The molecule has 2 rings (SSSR count). The Labute approximate surface area is 113 Å². The molecule has 4 nitrogen and oxygen atoms in total. The molecule has 0 aromatic carbocycles. The minimum atomic E-state index is -2.46. The van der Waals surface area contributed by atoms with Gasteiger partial charge in [-0.2, -0.15) is 8.78 Å². The Morgan fingerprint density at radius 2 is 2.26 bits per heavy atom. The van der Waals surface area contributed by atoms with Gasteiger partial charge in [0, 0.05) is 6.54 Å². The van der Waals surface area contributed by atoms with Gasteiger partial charge in [0.25, 0.3) is 11.7 Å². The van der Waals surface area contributed by atoms with Gasteiger partial charge < -0.3 is 14.8 Å². The highest BCUT2D eigenvalue weighted by molar-refractivity contribution is 7.98. The van der Waals surface area contributed by atoms with Gasteiger partial charge in [0.2, 0.25) is 0 Å². The molecule has 1 heterocycles. The fourth-order valence-electron chi connectivity index (χ4n) is 1.82. The van der Waals surface area contributed by atoms with Gasteiger partial charge in [-0.3, -0.25) is 4.79 Å². The first-order valence-corrected chi connectivity index (χ1v) is 7.02. The van der Waals surface area contributed by atoms with Gasteiger partial charge in [-0.1, -0.05) is 11.8 Å². The van der Waals surface area contributed by atoms with Crippen LogP contribution in [0.25, 0.3) is 0 Å². The van der Waals surface area contributed by atoms with Crippen LogP contribution in [0.2, 0.25) is 0 Å². The van der Waals surface area contributed by atoms with Crippen LogP contribution in [0.15, 0.2) is 16.5 Å². The van der Waals surface area contributed by atoms with Crippen molar-refractivity contribution < 1.29 is 23.1 Å². The molecule has 0 spiro atoms. The van der Waals surface area contributed by atoms with E-state index in [2.05, 4.69) is 5.32 Å². The monoisotopic (exact) mass is 291 g/mol. The standard InChI is InChI=1S/C12H15F2NO3S/c13-11(14)19-6-8-2-3-9(18-8)10(16)15-7-12(17)4-1-5-12/h2-3,11,17H,1,4-7H2,(H,15,16). The Morgan fingerprint density at radius 3 is 2.84 bits per heavy atom. The summed E-state index contributed by atoms with van der Waals surface area (Å²) >= 11 is 0.441. The van der Waals surface area contributed by atoms with E-state index < -0.39 is 17.3 Å². The third-order valence-electron chi connectivity index (χ3n) is 3.10. The molecule has 1 fully saturated rings. The Bertz CT molecular complexity index is 446. The summed E-state index contributed by atoms with van der Waals surface area (Å²) in [4.78, 5) is 11.7. The number of aliphatic hydroxyl groups is 1. The van der Waals surface area contributed by atoms with Crippen LogP contribution in [-0.2, 0) is 5.75 Å². The number of alkyl halides is 2. The number of hydrogen-bond acceptors (Lipinski definition) is 4. The first kappa shape index (κ1) is 14.3. The number of halogens is 2. The summed E-state index contributed by atoms with van der Waals surface area (Å²) < 4.78 is 29.2. The van der Waals surface area contributed by atoms with Crippen molar-refractivity contribution in [2.45, 2.75) is 36.4 Å². The molecule has 106 valence electrons. The van der Waals surface area contributed by atoms with Crippen LogP contribution in [0.4, 0.5) is 8.78 Å². The molecule has 1 aliphatic carbocycles. The topological polar surface area (TPSA) is 62.5 Å². The lowest BCUT2D eigenvalue weighted by atomic mass is 9.80. The van der Waals surface area contributed by atoms with Gasteiger partial charge in [-0.15, -0.1) is 0 Å². The average molecular weight is 291 g/mol.